The maximum absolute atomic E-state index is 12.9. The lowest BCUT2D eigenvalue weighted by Crippen LogP contribution is -2.44. The predicted molar refractivity (Wildman–Crippen MR) is 111 cm³/mol. The number of nitrogens with one attached hydrogen (secondary N) is 1. The van der Waals surface area contributed by atoms with Gasteiger partial charge in [-0.15, -0.1) is 11.8 Å². The predicted octanol–water partition coefficient (Wildman–Crippen LogP) is 3.67. The van der Waals surface area contributed by atoms with Gasteiger partial charge < -0.3 is 10.1 Å². The SMILES string of the molecule is Cc1ccc(SC(C)C(=O)NC(CN2CCOCC2)c2ccccc2)cc1. The maximum atomic E-state index is 12.9. The number of morpholine rings is 1. The van der Waals surface area contributed by atoms with Crippen molar-refractivity contribution in [3.63, 3.8) is 0 Å². The number of amides is 1. The molecule has 2 atom stereocenters. The standard InChI is InChI=1S/C22H28N2O2S/c1-17-8-10-20(11-9-17)27-18(2)22(25)23-21(19-6-4-3-5-7-19)16-24-12-14-26-15-13-24/h3-11,18,21H,12-16H2,1-2H3,(H,23,25). The second-order valence-corrected chi connectivity index (χ2v) is 8.37. The van der Waals surface area contributed by atoms with E-state index in [0.29, 0.717) is 0 Å². The van der Waals surface area contributed by atoms with Crippen molar-refractivity contribution in [1.29, 1.82) is 0 Å². The van der Waals surface area contributed by atoms with Gasteiger partial charge >= 0.3 is 0 Å². The molecule has 2 unspecified atom stereocenters. The molecule has 0 spiro atoms. The van der Waals surface area contributed by atoms with Gasteiger partial charge in [0.05, 0.1) is 24.5 Å². The lowest BCUT2D eigenvalue weighted by Gasteiger charge is -2.31. The Hall–Kier alpha value is -1.82. The number of benzene rings is 2. The molecule has 0 saturated carbocycles. The summed E-state index contributed by atoms with van der Waals surface area (Å²) in [6, 6.07) is 18.5. The zero-order chi connectivity index (χ0) is 19.1. The van der Waals surface area contributed by atoms with Crippen LogP contribution in [-0.2, 0) is 9.53 Å². The van der Waals surface area contributed by atoms with E-state index in [1.54, 1.807) is 11.8 Å². The van der Waals surface area contributed by atoms with Crippen LogP contribution < -0.4 is 5.32 Å². The van der Waals surface area contributed by atoms with Crippen molar-refractivity contribution in [2.24, 2.45) is 0 Å². The highest BCUT2D eigenvalue weighted by Gasteiger charge is 2.23. The van der Waals surface area contributed by atoms with Crippen molar-refractivity contribution in [3.05, 3.63) is 65.7 Å². The average Bonchev–Trinajstić information content (AvgIpc) is 2.70. The summed E-state index contributed by atoms with van der Waals surface area (Å²) >= 11 is 1.60. The number of aryl methyl sites for hydroxylation is 1. The molecule has 144 valence electrons. The largest absolute Gasteiger partial charge is 0.379 e. The first-order valence-electron chi connectivity index (χ1n) is 9.50. The Kier molecular flexibility index (Phi) is 7.33. The van der Waals surface area contributed by atoms with E-state index in [-0.39, 0.29) is 17.2 Å². The van der Waals surface area contributed by atoms with E-state index >= 15 is 0 Å². The average molecular weight is 385 g/mol. The molecule has 0 aliphatic carbocycles. The Balaban J connectivity index is 1.64. The smallest absolute Gasteiger partial charge is 0.233 e. The molecule has 0 radical (unpaired) electrons. The third kappa shape index (κ3) is 6.09. The number of thioether (sulfide) groups is 1. The number of ether oxygens (including phenoxy) is 1. The van der Waals surface area contributed by atoms with Crippen LogP contribution >= 0.6 is 11.8 Å². The Morgan fingerprint density at radius 2 is 1.78 bits per heavy atom. The molecule has 1 N–H and O–H groups in total. The van der Waals surface area contributed by atoms with Gasteiger partial charge in [-0.05, 0) is 31.5 Å². The van der Waals surface area contributed by atoms with Crippen molar-refractivity contribution < 1.29 is 9.53 Å². The number of carbonyl (C=O) groups excluding carboxylic acids is 1. The van der Waals surface area contributed by atoms with Gasteiger partial charge in [-0.25, -0.2) is 0 Å². The van der Waals surface area contributed by atoms with E-state index in [2.05, 4.69) is 53.5 Å². The van der Waals surface area contributed by atoms with E-state index < -0.39 is 0 Å². The third-order valence-corrected chi connectivity index (χ3v) is 5.88. The van der Waals surface area contributed by atoms with Gasteiger partial charge in [0.2, 0.25) is 5.91 Å². The molecule has 27 heavy (non-hydrogen) atoms. The Labute approximate surface area is 166 Å². The van der Waals surface area contributed by atoms with Crippen molar-refractivity contribution in [2.45, 2.75) is 30.0 Å². The summed E-state index contributed by atoms with van der Waals surface area (Å²) in [6.07, 6.45) is 0. The van der Waals surface area contributed by atoms with Crippen LogP contribution in [0.2, 0.25) is 0 Å². The summed E-state index contributed by atoms with van der Waals surface area (Å²) in [5.41, 5.74) is 2.37. The second kappa shape index (κ2) is 9.93. The lowest BCUT2D eigenvalue weighted by atomic mass is 10.1. The van der Waals surface area contributed by atoms with Crippen molar-refractivity contribution in [1.82, 2.24) is 10.2 Å². The highest BCUT2D eigenvalue weighted by molar-refractivity contribution is 8.00. The highest BCUT2D eigenvalue weighted by atomic mass is 32.2. The number of nitrogens with zero attached hydrogens (tertiary/aromatic N) is 1. The molecule has 1 aliphatic rings. The lowest BCUT2D eigenvalue weighted by molar-refractivity contribution is -0.121. The molecular weight excluding hydrogens is 356 g/mol. The molecule has 3 rings (SSSR count). The maximum Gasteiger partial charge on any atom is 0.233 e. The molecule has 0 bridgehead atoms. The molecule has 1 fully saturated rings. The van der Waals surface area contributed by atoms with Crippen molar-refractivity contribution in [2.75, 3.05) is 32.8 Å². The van der Waals surface area contributed by atoms with E-state index in [1.807, 2.05) is 25.1 Å². The molecule has 4 nitrogen and oxygen atoms in total. The molecule has 5 heteroatoms. The van der Waals surface area contributed by atoms with Gasteiger partial charge in [-0.1, -0.05) is 48.0 Å². The van der Waals surface area contributed by atoms with Crippen molar-refractivity contribution >= 4 is 17.7 Å². The van der Waals surface area contributed by atoms with Crippen LogP contribution in [0.15, 0.2) is 59.5 Å². The Bertz CT molecular complexity index is 715. The fraction of sp³-hybridized carbons (Fsp3) is 0.409. The minimum absolute atomic E-state index is 0.0159. The van der Waals surface area contributed by atoms with Gasteiger partial charge in [0.1, 0.15) is 0 Å². The molecular formula is C22H28N2O2S. The highest BCUT2D eigenvalue weighted by Crippen LogP contribution is 2.24. The minimum Gasteiger partial charge on any atom is -0.379 e. The fourth-order valence-corrected chi connectivity index (χ4v) is 4.00. The van der Waals surface area contributed by atoms with Crippen LogP contribution in [0.4, 0.5) is 0 Å². The van der Waals surface area contributed by atoms with Gasteiger partial charge in [0, 0.05) is 24.5 Å². The van der Waals surface area contributed by atoms with Crippen molar-refractivity contribution in [3.8, 4) is 0 Å². The molecule has 1 saturated heterocycles. The summed E-state index contributed by atoms with van der Waals surface area (Å²) in [5.74, 6) is 0.0719. The van der Waals surface area contributed by atoms with Gasteiger partial charge in [-0.3, -0.25) is 9.69 Å². The minimum atomic E-state index is -0.149. The monoisotopic (exact) mass is 384 g/mol. The van der Waals surface area contributed by atoms with Crippen LogP contribution in [0.3, 0.4) is 0 Å². The molecule has 1 amide bonds. The summed E-state index contributed by atoms with van der Waals surface area (Å²) in [6.45, 7) is 8.18. The first kappa shape index (κ1) is 19.9. The second-order valence-electron chi connectivity index (χ2n) is 6.96. The Morgan fingerprint density at radius 1 is 1.11 bits per heavy atom. The van der Waals surface area contributed by atoms with E-state index in [0.717, 1.165) is 43.3 Å². The summed E-state index contributed by atoms with van der Waals surface area (Å²) in [4.78, 5) is 16.3. The molecule has 2 aromatic carbocycles. The first-order valence-corrected chi connectivity index (χ1v) is 10.4. The number of rotatable bonds is 7. The number of hydrogen-bond donors (Lipinski definition) is 1. The molecule has 1 heterocycles. The first-order chi connectivity index (χ1) is 13.1. The fourth-order valence-electron chi connectivity index (χ4n) is 3.13. The zero-order valence-electron chi connectivity index (χ0n) is 16.1. The number of hydrogen-bond acceptors (Lipinski definition) is 4. The summed E-state index contributed by atoms with van der Waals surface area (Å²) < 4.78 is 5.45. The zero-order valence-corrected chi connectivity index (χ0v) is 16.9. The van der Waals surface area contributed by atoms with Crippen LogP contribution in [0, 0.1) is 6.92 Å². The van der Waals surface area contributed by atoms with Gasteiger partial charge in [-0.2, -0.15) is 0 Å². The summed E-state index contributed by atoms with van der Waals surface area (Å²) in [7, 11) is 0. The quantitative estimate of drug-likeness (QED) is 0.740. The number of carbonyl (C=O) groups is 1. The summed E-state index contributed by atoms with van der Waals surface area (Å²) in [5, 5.41) is 3.12. The van der Waals surface area contributed by atoms with E-state index in [4.69, 9.17) is 4.74 Å². The normalized spacial score (nSPS) is 17.3. The van der Waals surface area contributed by atoms with E-state index in [1.165, 1.54) is 5.56 Å². The molecule has 0 aromatic heterocycles. The van der Waals surface area contributed by atoms with Crippen LogP contribution in [0.1, 0.15) is 24.1 Å². The van der Waals surface area contributed by atoms with E-state index in [9.17, 15) is 4.79 Å². The van der Waals surface area contributed by atoms with Crippen LogP contribution in [0.5, 0.6) is 0 Å². The van der Waals surface area contributed by atoms with Crippen LogP contribution in [-0.4, -0.2) is 48.9 Å². The third-order valence-electron chi connectivity index (χ3n) is 4.77. The molecule has 1 aliphatic heterocycles. The van der Waals surface area contributed by atoms with Crippen LogP contribution in [0.25, 0.3) is 0 Å². The van der Waals surface area contributed by atoms with Gasteiger partial charge in [0.15, 0.2) is 0 Å². The Morgan fingerprint density at radius 3 is 2.44 bits per heavy atom. The topological polar surface area (TPSA) is 41.6 Å². The molecule has 2 aromatic rings. The van der Waals surface area contributed by atoms with Gasteiger partial charge in [0.25, 0.3) is 0 Å².